The van der Waals surface area contributed by atoms with Crippen LogP contribution in [0.15, 0.2) is 82.7 Å². The van der Waals surface area contributed by atoms with E-state index >= 15 is 0 Å². The van der Waals surface area contributed by atoms with Gasteiger partial charge in [-0.3, -0.25) is 4.57 Å². The third kappa shape index (κ3) is 4.31. The number of rotatable bonds is 7. The smallest absolute Gasteiger partial charge is 0.335 e. The lowest BCUT2D eigenvalue weighted by Gasteiger charge is -2.06. The van der Waals surface area contributed by atoms with E-state index < -0.39 is 5.97 Å². The van der Waals surface area contributed by atoms with E-state index in [0.29, 0.717) is 16.9 Å². The van der Waals surface area contributed by atoms with Crippen molar-refractivity contribution in [2.75, 3.05) is 7.11 Å². The van der Waals surface area contributed by atoms with Gasteiger partial charge in [-0.15, -0.1) is 10.2 Å². The van der Waals surface area contributed by atoms with Gasteiger partial charge in [0.2, 0.25) is 5.89 Å². The second-order valence-corrected chi connectivity index (χ2v) is 8.11. The number of hydrogen-bond donors (Lipinski definition) is 1. The number of hydrogen-bond acceptors (Lipinski definition) is 7. The Labute approximate surface area is 192 Å². The molecule has 9 heteroatoms. The monoisotopic (exact) mass is 458 g/mol. The number of benzene rings is 3. The van der Waals surface area contributed by atoms with Crippen LogP contribution < -0.4 is 4.74 Å². The predicted molar refractivity (Wildman–Crippen MR) is 124 cm³/mol. The number of methoxy groups -OCH3 is 1. The fourth-order valence-corrected chi connectivity index (χ4v) is 4.12. The lowest BCUT2D eigenvalue weighted by atomic mass is 10.1. The Morgan fingerprint density at radius 3 is 2.73 bits per heavy atom. The average molecular weight is 458 g/mol. The molecule has 2 heterocycles. The van der Waals surface area contributed by atoms with Crippen LogP contribution in [0.4, 0.5) is 0 Å². The number of ether oxygens (including phenoxy) is 1. The number of carboxylic acids is 1. The van der Waals surface area contributed by atoms with E-state index in [4.69, 9.17) is 14.3 Å². The summed E-state index contributed by atoms with van der Waals surface area (Å²) < 4.78 is 13.1. The first-order valence-electron chi connectivity index (χ1n) is 10.0. The van der Waals surface area contributed by atoms with Crippen LogP contribution >= 0.6 is 11.8 Å². The van der Waals surface area contributed by atoms with Crippen molar-refractivity contribution in [2.45, 2.75) is 11.0 Å². The van der Waals surface area contributed by atoms with Crippen molar-refractivity contribution in [2.24, 2.45) is 0 Å². The Balaban J connectivity index is 1.37. The van der Waals surface area contributed by atoms with Gasteiger partial charge < -0.3 is 14.3 Å². The molecule has 0 unspecified atom stereocenters. The summed E-state index contributed by atoms with van der Waals surface area (Å²) in [4.78, 5) is 15.6. The van der Waals surface area contributed by atoms with Gasteiger partial charge in [-0.2, -0.15) is 0 Å². The molecule has 8 nitrogen and oxygen atoms in total. The third-order valence-corrected chi connectivity index (χ3v) is 5.98. The molecule has 3 aromatic carbocycles. The maximum atomic E-state index is 11.1. The molecule has 164 valence electrons. The minimum absolute atomic E-state index is 0.251. The van der Waals surface area contributed by atoms with Crippen LogP contribution in [0.1, 0.15) is 15.9 Å². The molecule has 0 saturated carbocycles. The van der Waals surface area contributed by atoms with Gasteiger partial charge in [0.25, 0.3) is 5.22 Å². The molecule has 1 N–H and O–H groups in total. The van der Waals surface area contributed by atoms with Gasteiger partial charge >= 0.3 is 5.97 Å². The van der Waals surface area contributed by atoms with E-state index in [0.717, 1.165) is 33.6 Å². The van der Waals surface area contributed by atoms with Crippen molar-refractivity contribution in [3.8, 4) is 22.9 Å². The van der Waals surface area contributed by atoms with E-state index in [9.17, 15) is 4.79 Å². The molecular weight excluding hydrogens is 440 g/mol. The highest BCUT2D eigenvalue weighted by molar-refractivity contribution is 7.98. The second-order valence-electron chi connectivity index (χ2n) is 7.18. The van der Waals surface area contributed by atoms with Crippen molar-refractivity contribution in [1.29, 1.82) is 0 Å². The Morgan fingerprint density at radius 1 is 1.09 bits per heavy atom. The van der Waals surface area contributed by atoms with Crippen molar-refractivity contribution >= 4 is 28.8 Å². The van der Waals surface area contributed by atoms with Crippen LogP contribution in [-0.4, -0.2) is 37.9 Å². The molecule has 0 atom stereocenters. The molecule has 0 bridgehead atoms. The summed E-state index contributed by atoms with van der Waals surface area (Å²) >= 11 is 1.36. The number of nitrogens with zero attached hydrogens (tertiary/aromatic N) is 4. The lowest BCUT2D eigenvalue weighted by molar-refractivity contribution is 0.0696. The fraction of sp³-hybridized carbons (Fsp3) is 0.0833. The van der Waals surface area contributed by atoms with Crippen LogP contribution in [0.5, 0.6) is 5.75 Å². The van der Waals surface area contributed by atoms with Crippen LogP contribution in [-0.2, 0) is 5.75 Å². The molecule has 33 heavy (non-hydrogen) atoms. The molecule has 0 aliphatic heterocycles. The summed E-state index contributed by atoms with van der Waals surface area (Å²) in [6, 6.07) is 20.3. The molecule has 0 fully saturated rings. The van der Waals surface area contributed by atoms with Crippen molar-refractivity contribution in [3.63, 3.8) is 0 Å². The van der Waals surface area contributed by atoms with Gasteiger partial charge in [0, 0.05) is 17.0 Å². The first-order valence-corrected chi connectivity index (χ1v) is 11.0. The molecule has 0 amide bonds. The Kier molecular flexibility index (Phi) is 5.54. The van der Waals surface area contributed by atoms with E-state index in [1.165, 1.54) is 11.8 Å². The first kappa shape index (κ1) is 20.8. The van der Waals surface area contributed by atoms with Gasteiger partial charge in [-0.25, -0.2) is 9.78 Å². The van der Waals surface area contributed by atoms with Gasteiger partial charge in [0.1, 0.15) is 12.1 Å². The average Bonchev–Trinajstić information content (AvgIpc) is 3.50. The lowest BCUT2D eigenvalue weighted by Crippen LogP contribution is -1.96. The Morgan fingerprint density at radius 2 is 1.94 bits per heavy atom. The number of carboxylic acid groups (broad SMARTS) is 1. The molecule has 0 saturated heterocycles. The van der Waals surface area contributed by atoms with Crippen molar-refractivity contribution in [1.82, 2.24) is 19.7 Å². The number of carbonyl (C=O) groups is 1. The molecule has 5 aromatic rings. The van der Waals surface area contributed by atoms with Gasteiger partial charge in [-0.1, -0.05) is 23.9 Å². The molecule has 0 aliphatic rings. The maximum Gasteiger partial charge on any atom is 0.335 e. The molecule has 0 radical (unpaired) electrons. The van der Waals surface area contributed by atoms with Crippen molar-refractivity contribution < 1.29 is 19.1 Å². The van der Waals surface area contributed by atoms with Gasteiger partial charge in [-0.05, 0) is 60.2 Å². The minimum Gasteiger partial charge on any atom is -0.497 e. The van der Waals surface area contributed by atoms with Crippen LogP contribution in [0.2, 0.25) is 0 Å². The third-order valence-electron chi connectivity index (χ3n) is 5.09. The number of imidazole rings is 1. The van der Waals surface area contributed by atoms with Crippen LogP contribution in [0.3, 0.4) is 0 Å². The largest absolute Gasteiger partial charge is 0.497 e. The number of thioether (sulfide) groups is 1. The molecule has 5 rings (SSSR count). The summed E-state index contributed by atoms with van der Waals surface area (Å²) in [5, 5.41) is 17.9. The van der Waals surface area contributed by atoms with Crippen LogP contribution in [0, 0.1) is 0 Å². The summed E-state index contributed by atoms with van der Waals surface area (Å²) in [5.41, 5.74) is 4.62. The number of fused-ring (bicyclic) bond motifs is 1. The van der Waals surface area contributed by atoms with E-state index in [1.54, 1.807) is 31.6 Å². The standard InChI is InChI=1S/C24H18N4O4S/c1-31-19-8-6-18(7-9-19)28-14-25-20-10-5-16(12-21(20)28)22-26-27-24(32-22)33-13-15-3-2-4-17(11-15)23(29)30/h2-12,14H,13H2,1H3,(H,29,30). The highest BCUT2D eigenvalue weighted by Crippen LogP contribution is 2.29. The van der Waals surface area contributed by atoms with E-state index in [-0.39, 0.29) is 5.56 Å². The van der Waals surface area contributed by atoms with Gasteiger partial charge in [0.15, 0.2) is 0 Å². The Bertz CT molecular complexity index is 1440. The summed E-state index contributed by atoms with van der Waals surface area (Å²) in [7, 11) is 1.64. The quantitative estimate of drug-likeness (QED) is 0.337. The minimum atomic E-state index is -0.953. The van der Waals surface area contributed by atoms with Crippen LogP contribution in [0.25, 0.3) is 28.2 Å². The highest BCUT2D eigenvalue weighted by atomic mass is 32.2. The Hall–Kier alpha value is -4.11. The predicted octanol–water partition coefficient (Wildman–Crippen LogP) is 5.07. The van der Waals surface area contributed by atoms with E-state index in [1.807, 2.05) is 53.1 Å². The normalized spacial score (nSPS) is 11.1. The highest BCUT2D eigenvalue weighted by Gasteiger charge is 2.13. The fourth-order valence-electron chi connectivity index (χ4n) is 3.41. The zero-order valence-electron chi connectivity index (χ0n) is 17.5. The van der Waals surface area contributed by atoms with E-state index in [2.05, 4.69) is 15.2 Å². The molecule has 2 aromatic heterocycles. The van der Waals surface area contributed by atoms with Gasteiger partial charge in [0.05, 0.1) is 23.7 Å². The topological polar surface area (TPSA) is 103 Å². The molecule has 0 spiro atoms. The zero-order chi connectivity index (χ0) is 22.8. The summed E-state index contributed by atoms with van der Waals surface area (Å²) in [6.07, 6.45) is 1.77. The number of aromatic carboxylic acids is 1. The summed E-state index contributed by atoms with van der Waals surface area (Å²) in [6.45, 7) is 0. The maximum absolute atomic E-state index is 11.1. The summed E-state index contributed by atoms with van der Waals surface area (Å²) in [5.74, 6) is 0.758. The molecule has 0 aliphatic carbocycles. The first-order chi connectivity index (χ1) is 16.1. The number of aromatic nitrogens is 4. The second kappa shape index (κ2) is 8.79. The SMILES string of the molecule is COc1ccc(-n2cnc3ccc(-c4nnc(SCc5cccc(C(=O)O)c5)o4)cc32)cc1. The van der Waals surface area contributed by atoms with Crippen molar-refractivity contribution in [3.05, 3.63) is 84.2 Å². The molecular formula is C24H18N4O4S. The zero-order valence-corrected chi connectivity index (χ0v) is 18.3.